The summed E-state index contributed by atoms with van der Waals surface area (Å²) < 4.78 is 0. The molecule has 0 spiro atoms. The Kier molecular flexibility index (Phi) is 3.97. The number of hydrogen-bond acceptors (Lipinski definition) is 3. The van der Waals surface area contributed by atoms with Crippen molar-refractivity contribution in [2.75, 3.05) is 4.90 Å². The van der Waals surface area contributed by atoms with Gasteiger partial charge in [-0.2, -0.15) is 5.26 Å². The van der Waals surface area contributed by atoms with Gasteiger partial charge in [0, 0.05) is 11.1 Å². The molecule has 0 saturated heterocycles. The average molecular weight is 357 g/mol. The van der Waals surface area contributed by atoms with E-state index in [0.717, 1.165) is 0 Å². The number of aliphatic hydroxyl groups is 1. The Morgan fingerprint density at radius 1 is 1.14 bits per heavy atom. The Labute approximate surface area is 136 Å². The summed E-state index contributed by atoms with van der Waals surface area (Å²) in [5, 5.41) is 19.9. The van der Waals surface area contributed by atoms with Crippen LogP contribution in [-0.4, -0.2) is 21.9 Å². The molecule has 5 heteroatoms. The predicted octanol–water partition coefficient (Wildman–Crippen LogP) is 3.04. The number of alkyl halides is 1. The minimum atomic E-state index is -0.833. The molecule has 2 aromatic rings. The number of halogens is 1. The molecule has 1 heterocycles. The number of anilines is 1. The molecule has 0 aromatic heterocycles. The van der Waals surface area contributed by atoms with E-state index in [2.05, 4.69) is 22.0 Å². The molecule has 22 heavy (non-hydrogen) atoms. The number of benzene rings is 2. The molecular formula is C17H13BrN2O2. The molecule has 0 saturated carbocycles. The van der Waals surface area contributed by atoms with Gasteiger partial charge in [-0.1, -0.05) is 52.3 Å². The van der Waals surface area contributed by atoms with Crippen molar-refractivity contribution < 1.29 is 9.90 Å². The Morgan fingerprint density at radius 2 is 1.77 bits per heavy atom. The number of rotatable bonds is 1. The van der Waals surface area contributed by atoms with E-state index in [-0.39, 0.29) is 5.91 Å². The first-order chi connectivity index (χ1) is 10.6. The summed E-state index contributed by atoms with van der Waals surface area (Å²) in [6.07, 6.45) is -0.833. The smallest absolute Gasteiger partial charge is 0.259 e. The minimum Gasteiger partial charge on any atom is -0.387 e. The Hall–Kier alpha value is -2.16. The Morgan fingerprint density at radius 3 is 2.45 bits per heavy atom. The third kappa shape index (κ3) is 2.31. The number of para-hydroxylation sites is 1. The number of nitrogens with zero attached hydrogens (tertiary/aromatic N) is 2. The van der Waals surface area contributed by atoms with Gasteiger partial charge < -0.3 is 5.11 Å². The normalized spacial score (nSPS) is 23.5. The molecule has 1 N–H and O–H groups in total. The van der Waals surface area contributed by atoms with Gasteiger partial charge in [-0.15, -0.1) is 0 Å². The fourth-order valence-electron chi connectivity index (χ4n) is 2.68. The lowest BCUT2D eigenvalue weighted by molar-refractivity contribution is 0.0962. The molecule has 4 nitrogen and oxygen atoms in total. The zero-order chi connectivity index (χ0) is 15.7. The van der Waals surface area contributed by atoms with Gasteiger partial charge in [-0.3, -0.25) is 9.69 Å². The lowest BCUT2D eigenvalue weighted by Gasteiger charge is -2.39. The highest BCUT2D eigenvalue weighted by atomic mass is 79.9. The molecular weight excluding hydrogens is 344 g/mol. The first-order valence-electron chi connectivity index (χ1n) is 6.84. The standard InChI is InChI=1S/C17H13BrN2O2/c18-15-14(10-19)20(17(22)11-6-2-1-3-7-11)13-9-5-4-8-12(13)16(15)21/h1-9,14-16,21H/t14-,15-,16+/m0/s1. The van der Waals surface area contributed by atoms with E-state index in [1.54, 1.807) is 48.5 Å². The van der Waals surface area contributed by atoms with E-state index in [1.165, 1.54) is 4.90 Å². The summed E-state index contributed by atoms with van der Waals surface area (Å²) in [6.45, 7) is 0. The van der Waals surface area contributed by atoms with Crippen molar-refractivity contribution in [3.05, 3.63) is 65.7 Å². The Balaban J connectivity index is 2.14. The van der Waals surface area contributed by atoms with Gasteiger partial charge in [-0.05, 0) is 18.2 Å². The maximum atomic E-state index is 12.9. The van der Waals surface area contributed by atoms with Gasteiger partial charge in [-0.25, -0.2) is 0 Å². The molecule has 0 bridgehead atoms. The molecule has 2 aromatic carbocycles. The van der Waals surface area contributed by atoms with Crippen LogP contribution in [0.3, 0.4) is 0 Å². The summed E-state index contributed by atoms with van der Waals surface area (Å²) in [5.41, 5.74) is 1.72. The van der Waals surface area contributed by atoms with Crippen molar-refractivity contribution in [1.29, 1.82) is 5.26 Å². The van der Waals surface area contributed by atoms with Crippen molar-refractivity contribution in [3.63, 3.8) is 0 Å². The zero-order valence-electron chi connectivity index (χ0n) is 11.6. The van der Waals surface area contributed by atoms with E-state index < -0.39 is 17.0 Å². The van der Waals surface area contributed by atoms with Crippen molar-refractivity contribution >= 4 is 27.5 Å². The van der Waals surface area contributed by atoms with Crippen LogP contribution in [0.5, 0.6) is 0 Å². The van der Waals surface area contributed by atoms with Crippen LogP contribution in [-0.2, 0) is 0 Å². The molecule has 0 radical (unpaired) electrons. The first-order valence-corrected chi connectivity index (χ1v) is 7.76. The van der Waals surface area contributed by atoms with E-state index in [1.807, 2.05) is 6.07 Å². The van der Waals surface area contributed by atoms with E-state index in [4.69, 9.17) is 0 Å². The van der Waals surface area contributed by atoms with Gasteiger partial charge >= 0.3 is 0 Å². The van der Waals surface area contributed by atoms with Gasteiger partial charge in [0.25, 0.3) is 5.91 Å². The summed E-state index contributed by atoms with van der Waals surface area (Å²) in [6, 6.07) is 17.3. The number of hydrogen-bond donors (Lipinski definition) is 1. The number of amides is 1. The van der Waals surface area contributed by atoms with E-state index >= 15 is 0 Å². The van der Waals surface area contributed by atoms with Crippen LogP contribution in [0, 0.1) is 11.3 Å². The second-order valence-corrected chi connectivity index (χ2v) is 6.12. The molecule has 0 fully saturated rings. The predicted molar refractivity (Wildman–Crippen MR) is 86.8 cm³/mol. The summed E-state index contributed by atoms with van der Waals surface area (Å²) in [7, 11) is 0. The summed E-state index contributed by atoms with van der Waals surface area (Å²) >= 11 is 3.37. The average Bonchev–Trinajstić information content (AvgIpc) is 2.58. The lowest BCUT2D eigenvalue weighted by atomic mass is 9.93. The van der Waals surface area contributed by atoms with Crippen LogP contribution in [0.25, 0.3) is 0 Å². The van der Waals surface area contributed by atoms with Crippen molar-refractivity contribution in [1.82, 2.24) is 0 Å². The highest BCUT2D eigenvalue weighted by molar-refractivity contribution is 9.09. The second kappa shape index (κ2) is 5.91. The van der Waals surface area contributed by atoms with Crippen LogP contribution >= 0.6 is 15.9 Å². The highest BCUT2D eigenvalue weighted by Gasteiger charge is 2.42. The minimum absolute atomic E-state index is 0.254. The molecule has 3 rings (SSSR count). The molecule has 0 unspecified atom stereocenters. The third-order valence-corrected chi connectivity index (χ3v) is 4.77. The number of fused-ring (bicyclic) bond motifs is 1. The van der Waals surface area contributed by atoms with Gasteiger partial charge in [0.05, 0.1) is 22.7 Å². The van der Waals surface area contributed by atoms with Crippen LogP contribution in [0.4, 0.5) is 5.69 Å². The van der Waals surface area contributed by atoms with Crippen molar-refractivity contribution in [3.8, 4) is 6.07 Å². The van der Waals surface area contributed by atoms with Gasteiger partial charge in [0.2, 0.25) is 0 Å². The second-order valence-electron chi connectivity index (χ2n) is 5.06. The molecule has 3 atom stereocenters. The fraction of sp³-hybridized carbons (Fsp3) is 0.176. The molecule has 1 aliphatic rings. The number of carbonyl (C=O) groups excluding carboxylic acids is 1. The van der Waals surface area contributed by atoms with Crippen molar-refractivity contribution in [2.24, 2.45) is 0 Å². The molecule has 0 aliphatic carbocycles. The monoisotopic (exact) mass is 356 g/mol. The van der Waals surface area contributed by atoms with E-state index in [0.29, 0.717) is 16.8 Å². The zero-order valence-corrected chi connectivity index (χ0v) is 13.1. The van der Waals surface area contributed by atoms with Gasteiger partial charge in [0.1, 0.15) is 6.04 Å². The third-order valence-electron chi connectivity index (χ3n) is 3.77. The van der Waals surface area contributed by atoms with Gasteiger partial charge in [0.15, 0.2) is 0 Å². The quantitative estimate of drug-likeness (QED) is 0.798. The maximum absolute atomic E-state index is 12.9. The summed E-state index contributed by atoms with van der Waals surface area (Å²) in [5.74, 6) is -0.254. The fourth-order valence-corrected chi connectivity index (χ4v) is 3.32. The maximum Gasteiger partial charge on any atom is 0.259 e. The van der Waals surface area contributed by atoms with Crippen LogP contribution in [0.2, 0.25) is 0 Å². The molecule has 110 valence electrons. The van der Waals surface area contributed by atoms with Crippen LogP contribution < -0.4 is 4.90 Å². The SMILES string of the molecule is N#C[C@H]1[C@H](Br)[C@H](O)c2ccccc2N1C(=O)c1ccccc1. The van der Waals surface area contributed by atoms with Crippen LogP contribution in [0.15, 0.2) is 54.6 Å². The van der Waals surface area contributed by atoms with Crippen molar-refractivity contribution in [2.45, 2.75) is 17.0 Å². The number of carbonyl (C=O) groups is 1. The summed E-state index contributed by atoms with van der Waals surface area (Å²) in [4.78, 5) is 13.8. The Bertz CT molecular complexity index is 742. The van der Waals surface area contributed by atoms with E-state index in [9.17, 15) is 15.2 Å². The molecule has 1 amide bonds. The lowest BCUT2D eigenvalue weighted by Crippen LogP contribution is -2.50. The molecule has 1 aliphatic heterocycles. The first kappa shape index (κ1) is 14.8. The largest absolute Gasteiger partial charge is 0.387 e. The number of nitriles is 1. The number of aliphatic hydroxyl groups excluding tert-OH is 1. The topological polar surface area (TPSA) is 64.3 Å². The highest BCUT2D eigenvalue weighted by Crippen LogP contribution is 2.40. The van der Waals surface area contributed by atoms with Crippen LogP contribution in [0.1, 0.15) is 22.0 Å².